The maximum absolute atomic E-state index is 3.92. The molecule has 0 N–H and O–H groups in total. The van der Waals surface area contributed by atoms with E-state index in [4.69, 9.17) is 0 Å². The Labute approximate surface area is 76.5 Å². The first-order chi connectivity index (χ1) is 5.88. The molecule has 0 aliphatic rings. The van der Waals surface area contributed by atoms with Gasteiger partial charge in [-0.1, -0.05) is 54.9 Å². The van der Waals surface area contributed by atoms with Crippen LogP contribution in [0.5, 0.6) is 0 Å². The van der Waals surface area contributed by atoms with Crippen LogP contribution in [0.15, 0.2) is 42.6 Å². The molecule has 0 amide bonds. The third-order valence-corrected chi connectivity index (χ3v) is 5.12. The molecule has 0 aliphatic carbocycles. The Morgan fingerprint density at radius 3 is 2.50 bits per heavy atom. The van der Waals surface area contributed by atoms with E-state index >= 15 is 0 Å². The van der Waals surface area contributed by atoms with Gasteiger partial charge in [0.25, 0.3) is 0 Å². The Hall–Kier alpha value is -0.823. The topological polar surface area (TPSA) is 0 Å². The smallest absolute Gasteiger partial charge is 0.0934 e. The summed E-state index contributed by atoms with van der Waals surface area (Å²) in [6.07, 6.45) is 1.28. The van der Waals surface area contributed by atoms with Gasteiger partial charge in [-0.15, -0.1) is 12.3 Å². The highest BCUT2D eigenvalue weighted by Crippen LogP contribution is 1.99. The second-order valence-electron chi connectivity index (χ2n) is 3.04. The minimum absolute atomic E-state index is 0.807. The molecule has 0 saturated heterocycles. The van der Waals surface area contributed by atoms with Crippen LogP contribution in [-0.2, 0) is 0 Å². The lowest BCUT2D eigenvalue weighted by Crippen LogP contribution is -2.26. The quantitative estimate of drug-likeness (QED) is 0.617. The molecule has 0 radical (unpaired) electrons. The average molecular weight is 176 g/mol. The number of hydrogen-bond donors (Lipinski definition) is 0. The Kier molecular flexibility index (Phi) is 3.81. The Morgan fingerprint density at radius 2 is 2.00 bits per heavy atom. The Morgan fingerprint density at radius 1 is 1.33 bits per heavy atom. The average Bonchev–Trinajstić information content (AvgIpc) is 2.15. The van der Waals surface area contributed by atoms with E-state index in [1.165, 1.54) is 17.7 Å². The van der Waals surface area contributed by atoms with Crippen LogP contribution in [0.25, 0.3) is 0 Å². The van der Waals surface area contributed by atoms with Gasteiger partial charge < -0.3 is 0 Å². The van der Waals surface area contributed by atoms with Crippen LogP contribution in [0.3, 0.4) is 0 Å². The summed E-state index contributed by atoms with van der Waals surface area (Å²) in [6.45, 7) is 6.16. The van der Waals surface area contributed by atoms with Crippen molar-refractivity contribution in [2.24, 2.45) is 0 Å². The second kappa shape index (κ2) is 4.94. The molecule has 0 heterocycles. The fraction of sp³-hybridized carbons (Fsp3) is 0.273. The number of rotatable bonds is 4. The van der Waals surface area contributed by atoms with E-state index < -0.39 is 8.80 Å². The fourth-order valence-corrected chi connectivity index (χ4v) is 3.61. The van der Waals surface area contributed by atoms with Crippen molar-refractivity contribution in [1.82, 2.24) is 0 Å². The van der Waals surface area contributed by atoms with Crippen molar-refractivity contribution in [2.75, 3.05) is 0 Å². The molecule has 1 aromatic carbocycles. The van der Waals surface area contributed by atoms with Gasteiger partial charge in [-0.05, 0) is 0 Å². The third-order valence-electron chi connectivity index (χ3n) is 2.11. The molecule has 1 atom stereocenters. The SMILES string of the molecule is C=C[SiH](CCC)c1ccccc1. The summed E-state index contributed by atoms with van der Waals surface area (Å²) in [7, 11) is -0.807. The van der Waals surface area contributed by atoms with Crippen molar-refractivity contribution < 1.29 is 0 Å². The largest absolute Gasteiger partial charge is 0.107 e. The zero-order valence-corrected chi connectivity index (χ0v) is 8.82. The molecule has 1 unspecified atom stereocenters. The van der Waals surface area contributed by atoms with Gasteiger partial charge in [-0.25, -0.2) is 0 Å². The van der Waals surface area contributed by atoms with Gasteiger partial charge in [0.1, 0.15) is 0 Å². The molecule has 0 nitrogen and oxygen atoms in total. The van der Waals surface area contributed by atoms with Crippen molar-refractivity contribution in [2.45, 2.75) is 19.4 Å². The maximum Gasteiger partial charge on any atom is 0.0934 e. The highest BCUT2D eigenvalue weighted by atomic mass is 28.3. The van der Waals surface area contributed by atoms with Crippen molar-refractivity contribution in [3.63, 3.8) is 0 Å². The fourth-order valence-electron chi connectivity index (χ4n) is 1.43. The number of hydrogen-bond acceptors (Lipinski definition) is 0. The van der Waals surface area contributed by atoms with Crippen LogP contribution in [0, 0.1) is 0 Å². The number of benzene rings is 1. The molecule has 0 fully saturated rings. The lowest BCUT2D eigenvalue weighted by Gasteiger charge is -2.08. The highest BCUT2D eigenvalue weighted by Gasteiger charge is 2.06. The maximum atomic E-state index is 3.92. The molecule has 0 spiro atoms. The van der Waals surface area contributed by atoms with Crippen LogP contribution in [0.2, 0.25) is 6.04 Å². The van der Waals surface area contributed by atoms with Gasteiger partial charge in [0.2, 0.25) is 0 Å². The van der Waals surface area contributed by atoms with Crippen molar-refractivity contribution in [3.8, 4) is 0 Å². The Bertz CT molecular complexity index is 228. The zero-order chi connectivity index (χ0) is 8.81. The standard InChI is InChI=1S/C11H16Si/c1-3-10-12(4-2)11-8-6-5-7-9-11/h4-9,12H,2-3,10H2,1H3. The summed E-state index contributed by atoms with van der Waals surface area (Å²) in [5, 5.41) is 1.52. The van der Waals surface area contributed by atoms with E-state index in [0.717, 1.165) is 0 Å². The lowest BCUT2D eigenvalue weighted by molar-refractivity contribution is 1.07. The summed E-state index contributed by atoms with van der Waals surface area (Å²) in [6, 6.07) is 12.1. The molecule has 64 valence electrons. The van der Waals surface area contributed by atoms with Gasteiger partial charge in [-0.2, -0.15) is 0 Å². The molecule has 12 heavy (non-hydrogen) atoms. The van der Waals surface area contributed by atoms with E-state index in [1.807, 2.05) is 0 Å². The van der Waals surface area contributed by atoms with Gasteiger partial charge >= 0.3 is 0 Å². The molecule has 1 rings (SSSR count). The predicted molar refractivity (Wildman–Crippen MR) is 58.5 cm³/mol. The van der Waals surface area contributed by atoms with Gasteiger partial charge in [0, 0.05) is 0 Å². The van der Waals surface area contributed by atoms with Gasteiger partial charge in [0.15, 0.2) is 0 Å². The summed E-state index contributed by atoms with van der Waals surface area (Å²) >= 11 is 0. The highest BCUT2D eigenvalue weighted by molar-refractivity contribution is 6.77. The summed E-state index contributed by atoms with van der Waals surface area (Å²) in [5.41, 5.74) is 2.18. The first-order valence-electron chi connectivity index (χ1n) is 4.56. The summed E-state index contributed by atoms with van der Waals surface area (Å²) in [5.74, 6) is 0. The minimum Gasteiger partial charge on any atom is -0.107 e. The molecule has 1 aromatic rings. The van der Waals surface area contributed by atoms with Crippen LogP contribution in [-0.4, -0.2) is 8.80 Å². The lowest BCUT2D eigenvalue weighted by atomic mass is 10.4. The van der Waals surface area contributed by atoms with Crippen molar-refractivity contribution in [1.29, 1.82) is 0 Å². The van der Waals surface area contributed by atoms with Gasteiger partial charge in [0.05, 0.1) is 8.80 Å². The minimum atomic E-state index is -0.807. The van der Waals surface area contributed by atoms with Crippen molar-refractivity contribution >= 4 is 14.0 Å². The molecule has 0 saturated carbocycles. The summed E-state index contributed by atoms with van der Waals surface area (Å²) < 4.78 is 0. The normalized spacial score (nSPS) is 12.4. The summed E-state index contributed by atoms with van der Waals surface area (Å²) in [4.78, 5) is 0. The van der Waals surface area contributed by atoms with E-state index in [9.17, 15) is 0 Å². The third kappa shape index (κ3) is 2.34. The van der Waals surface area contributed by atoms with E-state index in [-0.39, 0.29) is 0 Å². The van der Waals surface area contributed by atoms with Crippen molar-refractivity contribution in [3.05, 3.63) is 42.6 Å². The molecule has 1 heteroatoms. The first kappa shape index (κ1) is 9.27. The van der Waals surface area contributed by atoms with E-state index in [1.54, 1.807) is 0 Å². The van der Waals surface area contributed by atoms with Crippen LogP contribution in [0.4, 0.5) is 0 Å². The molecule has 0 aromatic heterocycles. The van der Waals surface area contributed by atoms with E-state index in [0.29, 0.717) is 0 Å². The first-order valence-corrected chi connectivity index (χ1v) is 6.62. The van der Waals surface area contributed by atoms with Crippen LogP contribution in [0.1, 0.15) is 13.3 Å². The molecule has 0 bridgehead atoms. The monoisotopic (exact) mass is 176 g/mol. The Balaban J connectivity index is 2.73. The molecular weight excluding hydrogens is 160 g/mol. The zero-order valence-electron chi connectivity index (χ0n) is 7.66. The molecule has 0 aliphatic heterocycles. The predicted octanol–water partition coefficient (Wildman–Crippen LogP) is 2.26. The van der Waals surface area contributed by atoms with Gasteiger partial charge in [-0.3, -0.25) is 0 Å². The van der Waals surface area contributed by atoms with Crippen LogP contribution >= 0.6 is 0 Å². The molecular formula is C11H16Si. The van der Waals surface area contributed by atoms with Crippen LogP contribution < -0.4 is 5.19 Å². The van der Waals surface area contributed by atoms with E-state index in [2.05, 4.69) is 49.5 Å². The second-order valence-corrected chi connectivity index (χ2v) is 5.97.